The topological polar surface area (TPSA) is 34.3 Å². The summed E-state index contributed by atoms with van der Waals surface area (Å²) in [4.78, 5) is 0. The van der Waals surface area contributed by atoms with Gasteiger partial charge in [-0.1, -0.05) is 0 Å². The van der Waals surface area contributed by atoms with Gasteiger partial charge in [-0.15, -0.1) is 0 Å². The summed E-state index contributed by atoms with van der Waals surface area (Å²) in [5.74, 6) is 0.508. The summed E-state index contributed by atoms with van der Waals surface area (Å²) in [5.41, 5.74) is 0.320. The Morgan fingerprint density at radius 1 is 1.23 bits per heavy atom. The van der Waals surface area contributed by atoms with Gasteiger partial charge in [0, 0.05) is 6.42 Å². The normalized spacial score (nSPS) is 67.6. The minimum Gasteiger partial charge on any atom is -0.370 e. The summed E-state index contributed by atoms with van der Waals surface area (Å²) < 4.78 is 16.8. The largest absolute Gasteiger partial charge is 0.370 e. The van der Waals surface area contributed by atoms with Gasteiger partial charge in [0.15, 0.2) is 0 Å². The molecule has 0 radical (unpaired) electrons. The highest BCUT2D eigenvalue weighted by molar-refractivity contribution is 5.22. The maximum Gasteiger partial charge on any atom is 0.201 e. The Hall–Kier alpha value is -0.120. The second-order valence-electron chi connectivity index (χ2n) is 5.18. The maximum absolute atomic E-state index is 5.74. The van der Waals surface area contributed by atoms with E-state index in [0.29, 0.717) is 5.92 Å². The van der Waals surface area contributed by atoms with E-state index in [2.05, 4.69) is 6.92 Å². The smallest absolute Gasteiger partial charge is 0.201 e. The Kier molecular flexibility index (Phi) is 0.935. The highest BCUT2D eigenvalue weighted by Gasteiger charge is 2.81. The van der Waals surface area contributed by atoms with Crippen LogP contribution in [0.1, 0.15) is 26.2 Å². The minimum atomic E-state index is -0.148. The van der Waals surface area contributed by atoms with Crippen LogP contribution in [-0.4, -0.2) is 30.2 Å². The molecule has 0 aromatic carbocycles. The zero-order valence-corrected chi connectivity index (χ0v) is 7.84. The number of epoxide rings is 2. The molecule has 1 aliphatic carbocycles. The first kappa shape index (κ1) is 7.21. The van der Waals surface area contributed by atoms with Crippen LogP contribution in [0.15, 0.2) is 0 Å². The van der Waals surface area contributed by atoms with Crippen molar-refractivity contribution in [3.8, 4) is 0 Å². The van der Waals surface area contributed by atoms with E-state index in [1.54, 1.807) is 0 Å². The van der Waals surface area contributed by atoms with E-state index < -0.39 is 0 Å². The molecule has 3 heteroatoms. The van der Waals surface area contributed by atoms with Crippen LogP contribution in [0.3, 0.4) is 0 Å². The van der Waals surface area contributed by atoms with E-state index in [4.69, 9.17) is 14.2 Å². The molecular formula is C10H14O3. The highest BCUT2D eigenvalue weighted by atomic mass is 16.9. The Morgan fingerprint density at radius 2 is 2.08 bits per heavy atom. The Bertz CT molecular complexity index is 286. The molecule has 3 saturated heterocycles. The third-order valence-electron chi connectivity index (χ3n) is 4.43. The zero-order valence-electron chi connectivity index (χ0n) is 7.84. The van der Waals surface area contributed by atoms with Crippen LogP contribution in [0.5, 0.6) is 0 Å². The zero-order chi connectivity index (χ0) is 8.73. The Morgan fingerprint density at radius 3 is 2.62 bits per heavy atom. The molecule has 13 heavy (non-hydrogen) atoms. The third-order valence-corrected chi connectivity index (χ3v) is 4.43. The van der Waals surface area contributed by atoms with Gasteiger partial charge in [-0.05, 0) is 25.7 Å². The third kappa shape index (κ3) is 0.661. The van der Waals surface area contributed by atoms with E-state index in [1.807, 2.05) is 0 Å². The Labute approximate surface area is 77.3 Å². The molecule has 0 amide bonds. The molecule has 4 unspecified atom stereocenters. The fourth-order valence-corrected chi connectivity index (χ4v) is 3.05. The van der Waals surface area contributed by atoms with Gasteiger partial charge >= 0.3 is 0 Å². The molecule has 4 rings (SSSR count). The van der Waals surface area contributed by atoms with Crippen LogP contribution in [0.4, 0.5) is 0 Å². The van der Waals surface area contributed by atoms with Crippen molar-refractivity contribution in [2.45, 2.75) is 43.2 Å². The molecule has 0 spiro atoms. The van der Waals surface area contributed by atoms with Crippen LogP contribution < -0.4 is 0 Å². The average Bonchev–Trinajstić information content (AvgIpc) is 2.93. The number of ether oxygens (including phenoxy) is 3. The summed E-state index contributed by atoms with van der Waals surface area (Å²) in [7, 11) is 0. The molecule has 4 aliphatic rings. The lowest BCUT2D eigenvalue weighted by Gasteiger charge is -2.38. The van der Waals surface area contributed by atoms with Crippen LogP contribution in [0.25, 0.3) is 0 Å². The number of hydrogen-bond donors (Lipinski definition) is 0. The van der Waals surface area contributed by atoms with Gasteiger partial charge in [0.05, 0.1) is 18.8 Å². The predicted octanol–water partition coefficient (Wildman–Crippen LogP) is 1.07. The van der Waals surface area contributed by atoms with Gasteiger partial charge in [-0.3, -0.25) is 0 Å². The molecule has 4 atom stereocenters. The Balaban J connectivity index is 1.59. The van der Waals surface area contributed by atoms with Crippen molar-refractivity contribution in [3.63, 3.8) is 0 Å². The van der Waals surface area contributed by atoms with Crippen molar-refractivity contribution >= 4 is 0 Å². The molecule has 0 aromatic rings. The van der Waals surface area contributed by atoms with E-state index in [9.17, 15) is 0 Å². The standard InChI is InChI=1S/C10H14O3/c1-8(5-11-8)7-2-3-9-6-12-10(9,4-7)13-9/h7H,2-6H2,1H3. The second kappa shape index (κ2) is 1.69. The summed E-state index contributed by atoms with van der Waals surface area (Å²) in [6, 6.07) is 0. The first-order valence-electron chi connectivity index (χ1n) is 5.16. The van der Waals surface area contributed by atoms with E-state index >= 15 is 0 Å². The molecule has 3 nitrogen and oxygen atoms in total. The first-order chi connectivity index (χ1) is 6.18. The van der Waals surface area contributed by atoms with Gasteiger partial charge in [0.2, 0.25) is 5.79 Å². The monoisotopic (exact) mass is 182 g/mol. The minimum absolute atomic E-state index is 0.148. The van der Waals surface area contributed by atoms with Crippen molar-refractivity contribution in [1.29, 1.82) is 0 Å². The van der Waals surface area contributed by atoms with Gasteiger partial charge in [-0.2, -0.15) is 0 Å². The SMILES string of the molecule is CC1(C2CCC34COC3(C2)O4)CO1. The van der Waals surface area contributed by atoms with Crippen molar-refractivity contribution < 1.29 is 14.2 Å². The molecule has 4 fully saturated rings. The van der Waals surface area contributed by atoms with Crippen LogP contribution >= 0.6 is 0 Å². The second-order valence-corrected chi connectivity index (χ2v) is 5.18. The molecule has 3 heterocycles. The van der Waals surface area contributed by atoms with Gasteiger partial charge < -0.3 is 14.2 Å². The van der Waals surface area contributed by atoms with E-state index in [0.717, 1.165) is 19.6 Å². The lowest BCUT2D eigenvalue weighted by molar-refractivity contribution is -0.127. The molecular weight excluding hydrogens is 168 g/mol. The molecule has 0 bridgehead atoms. The average molecular weight is 182 g/mol. The summed E-state index contributed by atoms with van der Waals surface area (Å²) in [5, 5.41) is 0. The van der Waals surface area contributed by atoms with Gasteiger partial charge in [-0.25, -0.2) is 0 Å². The first-order valence-corrected chi connectivity index (χ1v) is 5.16. The predicted molar refractivity (Wildman–Crippen MR) is 44.2 cm³/mol. The summed E-state index contributed by atoms with van der Waals surface area (Å²) in [6.45, 7) is 3.97. The van der Waals surface area contributed by atoms with Crippen LogP contribution in [-0.2, 0) is 14.2 Å². The van der Waals surface area contributed by atoms with E-state index in [1.165, 1.54) is 12.8 Å². The lowest BCUT2D eigenvalue weighted by Crippen LogP contribution is -2.50. The van der Waals surface area contributed by atoms with Gasteiger partial charge in [0.1, 0.15) is 5.60 Å². The lowest BCUT2D eigenvalue weighted by atomic mass is 9.73. The van der Waals surface area contributed by atoms with Crippen molar-refractivity contribution in [2.75, 3.05) is 13.2 Å². The molecule has 0 N–H and O–H groups in total. The number of rotatable bonds is 1. The summed E-state index contributed by atoms with van der Waals surface area (Å²) >= 11 is 0. The summed E-state index contributed by atoms with van der Waals surface area (Å²) in [6.07, 6.45) is 3.49. The maximum atomic E-state index is 5.74. The van der Waals surface area contributed by atoms with Crippen molar-refractivity contribution in [2.24, 2.45) is 5.92 Å². The van der Waals surface area contributed by atoms with Crippen LogP contribution in [0.2, 0.25) is 0 Å². The fraction of sp³-hybridized carbons (Fsp3) is 1.00. The molecule has 3 aliphatic heterocycles. The highest BCUT2D eigenvalue weighted by Crippen LogP contribution is 2.68. The quantitative estimate of drug-likeness (QED) is 0.569. The van der Waals surface area contributed by atoms with E-state index in [-0.39, 0.29) is 17.0 Å². The molecule has 72 valence electrons. The van der Waals surface area contributed by atoms with Crippen LogP contribution in [0, 0.1) is 5.92 Å². The van der Waals surface area contributed by atoms with Crippen molar-refractivity contribution in [1.82, 2.24) is 0 Å². The van der Waals surface area contributed by atoms with Gasteiger partial charge in [0.25, 0.3) is 0 Å². The molecule has 1 saturated carbocycles. The fourth-order valence-electron chi connectivity index (χ4n) is 3.05. The van der Waals surface area contributed by atoms with Crippen molar-refractivity contribution in [3.05, 3.63) is 0 Å². The molecule has 0 aromatic heterocycles. The number of hydrogen-bond acceptors (Lipinski definition) is 3.